The molecule has 4 rings (SSSR count). The standard InChI is InChI=1S/C23H29NO6/c1-6-24(7-2)23-13(3)21(14-8-19(26-4)22(25)20(9-14)27-5)15-10-17-18(29-12-28-17)11-16(15)30-23/h8-11,13,21,23,25H,6-7,12H2,1-5H3/t13-,21-,23-/m1/s1. The fourth-order valence-electron chi connectivity index (χ4n) is 4.54. The van der Waals surface area contributed by atoms with Gasteiger partial charge in [-0.05, 0) is 36.9 Å². The number of phenols is 1. The van der Waals surface area contributed by atoms with Crippen LogP contribution in [0.3, 0.4) is 0 Å². The van der Waals surface area contributed by atoms with Crippen molar-refractivity contribution < 1.29 is 28.8 Å². The second-order valence-electron chi connectivity index (χ2n) is 7.58. The average Bonchev–Trinajstić information content (AvgIpc) is 3.21. The maximum absolute atomic E-state index is 10.4. The van der Waals surface area contributed by atoms with E-state index in [0.29, 0.717) is 23.0 Å². The molecule has 0 amide bonds. The molecule has 2 aromatic carbocycles. The molecule has 0 aromatic heterocycles. The lowest BCUT2D eigenvalue weighted by Gasteiger charge is -2.43. The largest absolute Gasteiger partial charge is 0.502 e. The van der Waals surface area contributed by atoms with Crippen LogP contribution in [0.15, 0.2) is 24.3 Å². The first-order valence-electron chi connectivity index (χ1n) is 10.3. The molecule has 0 aliphatic carbocycles. The third-order valence-electron chi connectivity index (χ3n) is 6.10. The number of benzene rings is 2. The van der Waals surface area contributed by atoms with Crippen LogP contribution >= 0.6 is 0 Å². The molecule has 2 heterocycles. The van der Waals surface area contributed by atoms with E-state index < -0.39 is 0 Å². The molecule has 1 N–H and O–H groups in total. The minimum Gasteiger partial charge on any atom is -0.502 e. The molecule has 0 radical (unpaired) electrons. The van der Waals surface area contributed by atoms with Crippen LogP contribution < -0.4 is 23.7 Å². The number of hydrogen-bond acceptors (Lipinski definition) is 7. The van der Waals surface area contributed by atoms with Crippen molar-refractivity contribution in [1.29, 1.82) is 0 Å². The molecule has 7 heteroatoms. The highest BCUT2D eigenvalue weighted by Crippen LogP contribution is 2.51. The zero-order chi connectivity index (χ0) is 21.4. The van der Waals surface area contributed by atoms with Gasteiger partial charge < -0.3 is 28.8 Å². The van der Waals surface area contributed by atoms with E-state index in [-0.39, 0.29) is 30.6 Å². The first kappa shape index (κ1) is 20.5. The van der Waals surface area contributed by atoms with Crippen LogP contribution in [0.5, 0.6) is 34.5 Å². The summed E-state index contributed by atoms with van der Waals surface area (Å²) in [5.74, 6) is 3.05. The summed E-state index contributed by atoms with van der Waals surface area (Å²) in [5.41, 5.74) is 2.00. The number of nitrogens with zero attached hydrogens (tertiary/aromatic N) is 1. The van der Waals surface area contributed by atoms with Gasteiger partial charge in [0.1, 0.15) is 5.75 Å². The highest BCUT2D eigenvalue weighted by Gasteiger charge is 2.40. The van der Waals surface area contributed by atoms with E-state index in [4.69, 9.17) is 23.7 Å². The summed E-state index contributed by atoms with van der Waals surface area (Å²) >= 11 is 0. The van der Waals surface area contributed by atoms with Crippen molar-refractivity contribution in [2.75, 3.05) is 34.1 Å². The first-order chi connectivity index (χ1) is 14.5. The van der Waals surface area contributed by atoms with Crippen molar-refractivity contribution in [3.8, 4) is 34.5 Å². The lowest BCUT2D eigenvalue weighted by Crippen LogP contribution is -2.48. The van der Waals surface area contributed by atoms with Gasteiger partial charge in [-0.1, -0.05) is 20.8 Å². The van der Waals surface area contributed by atoms with E-state index in [2.05, 4.69) is 25.7 Å². The van der Waals surface area contributed by atoms with Gasteiger partial charge in [0, 0.05) is 23.5 Å². The van der Waals surface area contributed by atoms with Crippen LogP contribution in [-0.4, -0.2) is 50.3 Å². The molecule has 162 valence electrons. The maximum Gasteiger partial charge on any atom is 0.231 e. The maximum atomic E-state index is 10.4. The molecule has 0 spiro atoms. The topological polar surface area (TPSA) is 69.6 Å². The number of methoxy groups -OCH3 is 2. The van der Waals surface area contributed by atoms with Crippen molar-refractivity contribution >= 4 is 0 Å². The highest BCUT2D eigenvalue weighted by molar-refractivity contribution is 5.59. The number of phenolic OH excluding ortho intramolecular Hbond substituents is 1. The molecule has 0 saturated carbocycles. The highest BCUT2D eigenvalue weighted by atomic mass is 16.7. The molecule has 30 heavy (non-hydrogen) atoms. The molecule has 2 aliphatic heterocycles. The predicted octanol–water partition coefficient (Wildman–Crippen LogP) is 3.97. The fourth-order valence-corrected chi connectivity index (χ4v) is 4.54. The summed E-state index contributed by atoms with van der Waals surface area (Å²) in [6.45, 7) is 8.42. The molecule has 0 bridgehead atoms. The molecular weight excluding hydrogens is 386 g/mol. The SMILES string of the molecule is CCN(CC)[C@@H]1Oc2cc3c(cc2[C@@H](c2cc(OC)c(O)c(OC)c2)[C@H]1C)OCO3. The zero-order valence-electron chi connectivity index (χ0n) is 18.1. The summed E-state index contributed by atoms with van der Waals surface area (Å²) in [6, 6.07) is 7.67. The summed E-state index contributed by atoms with van der Waals surface area (Å²) < 4.78 is 28.5. The zero-order valence-corrected chi connectivity index (χ0v) is 18.1. The average molecular weight is 415 g/mol. The Balaban J connectivity index is 1.89. The van der Waals surface area contributed by atoms with Gasteiger partial charge >= 0.3 is 0 Å². The van der Waals surface area contributed by atoms with Gasteiger partial charge in [-0.3, -0.25) is 4.90 Å². The van der Waals surface area contributed by atoms with E-state index in [1.54, 1.807) is 0 Å². The van der Waals surface area contributed by atoms with Crippen LogP contribution in [0, 0.1) is 5.92 Å². The molecular formula is C23H29NO6. The molecule has 0 fully saturated rings. The van der Waals surface area contributed by atoms with Gasteiger partial charge in [0.2, 0.25) is 12.5 Å². The second kappa shape index (κ2) is 8.14. The van der Waals surface area contributed by atoms with Crippen molar-refractivity contribution in [3.63, 3.8) is 0 Å². The Bertz CT molecular complexity index is 901. The molecule has 2 aliphatic rings. The van der Waals surface area contributed by atoms with E-state index in [9.17, 15) is 5.11 Å². The van der Waals surface area contributed by atoms with Crippen LogP contribution in [0.25, 0.3) is 0 Å². The minimum atomic E-state index is -0.108. The van der Waals surface area contributed by atoms with Crippen molar-refractivity contribution in [3.05, 3.63) is 35.4 Å². The van der Waals surface area contributed by atoms with Gasteiger partial charge in [0.05, 0.1) is 14.2 Å². The summed E-state index contributed by atoms with van der Waals surface area (Å²) in [7, 11) is 3.08. The lowest BCUT2D eigenvalue weighted by atomic mass is 9.78. The third kappa shape index (κ3) is 3.27. The number of ether oxygens (including phenoxy) is 5. The van der Waals surface area contributed by atoms with Gasteiger partial charge in [-0.25, -0.2) is 0 Å². The summed E-state index contributed by atoms with van der Waals surface area (Å²) in [6.07, 6.45) is -0.108. The van der Waals surface area contributed by atoms with Crippen LogP contribution in [0.1, 0.15) is 37.8 Å². The minimum absolute atomic E-state index is 0.00494. The monoisotopic (exact) mass is 415 g/mol. The normalized spacial score (nSPS) is 21.9. The van der Waals surface area contributed by atoms with E-state index in [0.717, 1.165) is 30.0 Å². The summed E-state index contributed by atoms with van der Waals surface area (Å²) in [4.78, 5) is 2.31. The van der Waals surface area contributed by atoms with Gasteiger partial charge in [-0.2, -0.15) is 0 Å². The summed E-state index contributed by atoms with van der Waals surface area (Å²) in [5, 5.41) is 10.4. The third-order valence-corrected chi connectivity index (χ3v) is 6.10. The van der Waals surface area contributed by atoms with Gasteiger partial charge in [-0.15, -0.1) is 0 Å². The van der Waals surface area contributed by atoms with Crippen molar-refractivity contribution in [2.24, 2.45) is 5.92 Å². The Morgan fingerprint density at radius 2 is 1.57 bits per heavy atom. The Kier molecular flexibility index (Phi) is 5.56. The Morgan fingerprint density at radius 1 is 0.967 bits per heavy atom. The van der Waals surface area contributed by atoms with Crippen molar-refractivity contribution in [2.45, 2.75) is 32.9 Å². The van der Waals surface area contributed by atoms with Crippen LogP contribution in [0.4, 0.5) is 0 Å². The number of aromatic hydroxyl groups is 1. The fraction of sp³-hybridized carbons (Fsp3) is 0.478. The first-order valence-corrected chi connectivity index (χ1v) is 10.3. The molecule has 7 nitrogen and oxygen atoms in total. The van der Waals surface area contributed by atoms with Gasteiger partial charge in [0.25, 0.3) is 0 Å². The van der Waals surface area contributed by atoms with Crippen LogP contribution in [-0.2, 0) is 0 Å². The number of hydrogen-bond donors (Lipinski definition) is 1. The predicted molar refractivity (Wildman–Crippen MR) is 112 cm³/mol. The molecule has 0 unspecified atom stereocenters. The lowest BCUT2D eigenvalue weighted by molar-refractivity contribution is -0.0257. The Hall–Kier alpha value is -2.80. The van der Waals surface area contributed by atoms with Gasteiger partial charge in [0.15, 0.2) is 29.2 Å². The van der Waals surface area contributed by atoms with E-state index in [1.807, 2.05) is 24.3 Å². The Morgan fingerprint density at radius 3 is 2.13 bits per heavy atom. The molecule has 0 saturated heterocycles. The van der Waals surface area contributed by atoms with Crippen LogP contribution in [0.2, 0.25) is 0 Å². The number of fused-ring (bicyclic) bond motifs is 2. The van der Waals surface area contributed by atoms with Crippen molar-refractivity contribution in [1.82, 2.24) is 4.90 Å². The van der Waals surface area contributed by atoms with E-state index >= 15 is 0 Å². The quantitative estimate of drug-likeness (QED) is 0.766. The van der Waals surface area contributed by atoms with E-state index in [1.165, 1.54) is 14.2 Å². The smallest absolute Gasteiger partial charge is 0.231 e. The molecule has 3 atom stereocenters. The Labute approximate surface area is 177 Å². The second-order valence-corrected chi connectivity index (χ2v) is 7.58. The number of rotatable bonds is 6. The molecule has 2 aromatic rings.